The molecule has 2 N–H and O–H groups in total. The number of nitroso groups, excluding NO2 is 2. The molecule has 0 bridgehead atoms. The van der Waals surface area contributed by atoms with Crippen LogP contribution in [0.1, 0.15) is 6.92 Å². The summed E-state index contributed by atoms with van der Waals surface area (Å²) < 4.78 is 0. The second-order valence-corrected chi connectivity index (χ2v) is 2.60. The van der Waals surface area contributed by atoms with E-state index in [1.54, 1.807) is 0 Å². The maximum absolute atomic E-state index is 11.1. The monoisotopic (exact) mass is 199 g/mol. The van der Waals surface area contributed by atoms with Gasteiger partial charge in [0.25, 0.3) is 5.91 Å². The number of rotatable bonds is 2. The van der Waals surface area contributed by atoms with Crippen molar-refractivity contribution in [2.45, 2.75) is 12.6 Å². The van der Waals surface area contributed by atoms with Gasteiger partial charge in [-0.05, 0) is 12.1 Å². The highest BCUT2D eigenvalue weighted by atomic mass is 16.4. The molecule has 1 rings (SSSR count). The van der Waals surface area contributed by atoms with Crippen LogP contribution in [0.2, 0.25) is 0 Å². The maximum atomic E-state index is 11.1. The van der Waals surface area contributed by atoms with Crippen molar-refractivity contribution in [3.63, 3.8) is 0 Å². The summed E-state index contributed by atoms with van der Waals surface area (Å²) in [7, 11) is 0. The van der Waals surface area contributed by atoms with E-state index in [1.807, 2.05) is 0 Å². The highest BCUT2D eigenvalue weighted by molar-refractivity contribution is 6.71. The topological polar surface area (TPSA) is 133 Å². The molecule has 14 heavy (non-hydrogen) atoms. The van der Waals surface area contributed by atoms with Crippen LogP contribution in [0.5, 0.6) is 0 Å². The first-order valence-electron chi connectivity index (χ1n) is 3.39. The van der Waals surface area contributed by atoms with Crippen LogP contribution in [0.3, 0.4) is 0 Å². The van der Waals surface area contributed by atoms with Gasteiger partial charge in [-0.1, -0.05) is 5.16 Å². The molecular formula is C5H5N5O4. The lowest BCUT2D eigenvalue weighted by atomic mass is 10.1. The van der Waals surface area contributed by atoms with Crippen molar-refractivity contribution in [2.75, 3.05) is 0 Å². The van der Waals surface area contributed by atoms with Crippen LogP contribution >= 0.6 is 0 Å². The first-order chi connectivity index (χ1) is 6.59. The summed E-state index contributed by atoms with van der Waals surface area (Å²) in [6, 6.07) is 0. The highest BCUT2D eigenvalue weighted by Gasteiger charge is 2.48. The molecule has 1 amide bonds. The first kappa shape index (κ1) is 9.89. The van der Waals surface area contributed by atoms with Crippen LogP contribution in [0.4, 0.5) is 0 Å². The standard InChI is InChI=1S/C5H5N5O4/c1-5(9-13)3(8-12)2(7-10-14)4(11)6-5/h12H,1H3,(H,6,11). The molecule has 0 spiro atoms. The predicted molar refractivity (Wildman–Crippen MR) is 44.8 cm³/mol. The van der Waals surface area contributed by atoms with Gasteiger partial charge in [0.2, 0.25) is 5.66 Å². The zero-order valence-electron chi connectivity index (χ0n) is 6.96. The molecule has 1 saturated heterocycles. The summed E-state index contributed by atoms with van der Waals surface area (Å²) in [6.45, 7) is 1.19. The van der Waals surface area contributed by atoms with Gasteiger partial charge in [0.1, 0.15) is 0 Å². The van der Waals surface area contributed by atoms with Crippen molar-refractivity contribution in [3.05, 3.63) is 9.81 Å². The van der Waals surface area contributed by atoms with Crippen molar-refractivity contribution < 1.29 is 10.0 Å². The zero-order valence-corrected chi connectivity index (χ0v) is 6.96. The Morgan fingerprint density at radius 1 is 1.43 bits per heavy atom. The summed E-state index contributed by atoms with van der Waals surface area (Å²) in [5.74, 6) is -0.848. The van der Waals surface area contributed by atoms with E-state index in [9.17, 15) is 14.6 Å². The highest BCUT2D eigenvalue weighted by Crippen LogP contribution is 2.16. The van der Waals surface area contributed by atoms with Crippen molar-refractivity contribution in [2.24, 2.45) is 20.7 Å². The van der Waals surface area contributed by atoms with E-state index in [4.69, 9.17) is 5.21 Å². The number of hydrogen-bond donors (Lipinski definition) is 2. The average Bonchev–Trinajstić information content (AvgIpc) is 2.40. The number of nitrogens with one attached hydrogen (secondary N) is 1. The van der Waals surface area contributed by atoms with Crippen LogP contribution in [0, 0.1) is 9.81 Å². The molecule has 9 heteroatoms. The molecule has 0 saturated carbocycles. The summed E-state index contributed by atoms with van der Waals surface area (Å²) in [5, 5.41) is 20.8. The van der Waals surface area contributed by atoms with Gasteiger partial charge in [0.15, 0.2) is 11.4 Å². The van der Waals surface area contributed by atoms with Crippen molar-refractivity contribution in [1.29, 1.82) is 0 Å². The van der Waals surface area contributed by atoms with Crippen molar-refractivity contribution in [3.8, 4) is 0 Å². The van der Waals surface area contributed by atoms with E-state index >= 15 is 0 Å². The van der Waals surface area contributed by atoms with E-state index in [1.165, 1.54) is 6.92 Å². The minimum atomic E-state index is -1.71. The number of carbonyl (C=O) groups excluding carboxylic acids is 1. The molecule has 0 aliphatic carbocycles. The fourth-order valence-corrected chi connectivity index (χ4v) is 1.02. The van der Waals surface area contributed by atoms with E-state index in [0.717, 1.165) is 0 Å². The molecule has 1 fully saturated rings. The maximum Gasteiger partial charge on any atom is 0.276 e. The lowest BCUT2D eigenvalue weighted by molar-refractivity contribution is -0.114. The number of nitrogens with zero attached hydrogens (tertiary/aromatic N) is 4. The third-order valence-corrected chi connectivity index (χ3v) is 1.68. The van der Waals surface area contributed by atoms with E-state index in [-0.39, 0.29) is 0 Å². The van der Waals surface area contributed by atoms with Gasteiger partial charge in [-0.2, -0.15) is 0 Å². The van der Waals surface area contributed by atoms with Gasteiger partial charge >= 0.3 is 0 Å². The minimum absolute atomic E-state index is 0.433. The molecule has 0 aromatic heterocycles. The largest absolute Gasteiger partial charge is 0.410 e. The van der Waals surface area contributed by atoms with Crippen LogP contribution in [-0.2, 0) is 4.79 Å². The predicted octanol–water partition coefficient (Wildman–Crippen LogP) is -0.449. The number of amides is 1. The molecular weight excluding hydrogens is 194 g/mol. The average molecular weight is 199 g/mol. The lowest BCUT2D eigenvalue weighted by Gasteiger charge is -2.11. The Balaban J connectivity index is 3.27. The third kappa shape index (κ3) is 1.24. The zero-order chi connectivity index (χ0) is 10.8. The van der Waals surface area contributed by atoms with Crippen LogP contribution in [0.15, 0.2) is 20.7 Å². The molecule has 1 heterocycles. The minimum Gasteiger partial charge on any atom is -0.410 e. The summed E-state index contributed by atoms with van der Waals surface area (Å²) in [5.41, 5.74) is -2.67. The molecule has 74 valence electrons. The van der Waals surface area contributed by atoms with Crippen molar-refractivity contribution in [1.82, 2.24) is 5.32 Å². The number of carbonyl (C=O) groups is 1. The SMILES string of the molecule is CC1(N=O)NC(=O)C(=NN=O)C1=NO. The van der Waals surface area contributed by atoms with Gasteiger partial charge in [-0.3, -0.25) is 4.79 Å². The summed E-state index contributed by atoms with van der Waals surface area (Å²) >= 11 is 0. The quantitative estimate of drug-likeness (QED) is 0.354. The second-order valence-electron chi connectivity index (χ2n) is 2.60. The smallest absolute Gasteiger partial charge is 0.276 e. The first-order valence-corrected chi connectivity index (χ1v) is 3.39. The van der Waals surface area contributed by atoms with Crippen LogP contribution < -0.4 is 5.32 Å². The number of hydrogen-bond acceptors (Lipinski definition) is 7. The molecule has 9 nitrogen and oxygen atoms in total. The van der Waals surface area contributed by atoms with Gasteiger partial charge in [0.05, 0.1) is 5.29 Å². The lowest BCUT2D eigenvalue weighted by Crippen LogP contribution is -2.41. The van der Waals surface area contributed by atoms with Gasteiger partial charge in [-0.15, -0.1) is 14.9 Å². The van der Waals surface area contributed by atoms with E-state index in [2.05, 4.69) is 26.0 Å². The summed E-state index contributed by atoms with van der Waals surface area (Å²) in [4.78, 5) is 31.3. The number of oxime groups is 1. The molecule has 1 aliphatic heterocycles. The fourth-order valence-electron chi connectivity index (χ4n) is 1.02. The molecule has 1 unspecified atom stereocenters. The van der Waals surface area contributed by atoms with Crippen molar-refractivity contribution >= 4 is 17.3 Å². The van der Waals surface area contributed by atoms with E-state index < -0.39 is 23.0 Å². The Morgan fingerprint density at radius 2 is 2.07 bits per heavy atom. The van der Waals surface area contributed by atoms with Gasteiger partial charge in [0, 0.05) is 0 Å². The molecule has 1 atom stereocenters. The fraction of sp³-hybridized carbons (Fsp3) is 0.400. The molecule has 0 aromatic rings. The third-order valence-electron chi connectivity index (χ3n) is 1.68. The normalized spacial score (nSPS) is 31.9. The van der Waals surface area contributed by atoms with Gasteiger partial charge in [-0.25, -0.2) is 0 Å². The Hall–Kier alpha value is -2.19. The molecule has 1 aliphatic rings. The Morgan fingerprint density at radius 3 is 2.50 bits per heavy atom. The van der Waals surface area contributed by atoms with Crippen LogP contribution in [-0.4, -0.2) is 28.2 Å². The van der Waals surface area contributed by atoms with E-state index in [0.29, 0.717) is 0 Å². The Labute approximate surface area is 76.8 Å². The Kier molecular flexibility index (Phi) is 2.32. The van der Waals surface area contributed by atoms with Crippen LogP contribution in [0.25, 0.3) is 0 Å². The molecule has 0 aromatic carbocycles. The summed E-state index contributed by atoms with van der Waals surface area (Å²) in [6.07, 6.45) is 0. The molecule has 0 radical (unpaired) electrons. The van der Waals surface area contributed by atoms with Gasteiger partial charge < -0.3 is 10.5 Å². The second kappa shape index (κ2) is 3.28. The Bertz CT molecular complexity index is 361.